The third-order valence-electron chi connectivity index (χ3n) is 4.84. The molecule has 0 saturated heterocycles. The van der Waals surface area contributed by atoms with Crippen molar-refractivity contribution in [3.8, 4) is 10.4 Å². The first-order valence-corrected chi connectivity index (χ1v) is 12.6. The topological polar surface area (TPSA) is 81.7 Å². The first kappa shape index (κ1) is 21.7. The predicted molar refractivity (Wildman–Crippen MR) is 123 cm³/mol. The van der Waals surface area contributed by atoms with E-state index in [2.05, 4.69) is 5.32 Å². The van der Waals surface area contributed by atoms with Crippen molar-refractivity contribution in [2.45, 2.75) is 32.6 Å². The van der Waals surface area contributed by atoms with Crippen LogP contribution in [0.3, 0.4) is 0 Å². The highest BCUT2D eigenvalue weighted by atomic mass is 32.1. The van der Waals surface area contributed by atoms with Crippen molar-refractivity contribution in [1.29, 1.82) is 0 Å². The zero-order chi connectivity index (χ0) is 21.8. The molecule has 0 bridgehead atoms. The molecule has 0 spiro atoms. The number of thiophene rings is 3. The molecule has 0 fully saturated rings. The average Bonchev–Trinajstić information content (AvgIpc) is 3.50. The van der Waals surface area contributed by atoms with Crippen LogP contribution in [0, 0.1) is 0 Å². The Bertz CT molecular complexity index is 1070. The van der Waals surface area contributed by atoms with Crippen molar-refractivity contribution in [3.63, 3.8) is 0 Å². The van der Waals surface area contributed by atoms with Crippen molar-refractivity contribution >= 4 is 56.9 Å². The summed E-state index contributed by atoms with van der Waals surface area (Å²) in [6.07, 6.45) is 4.26. The van der Waals surface area contributed by atoms with Crippen LogP contribution < -0.4 is 5.32 Å². The van der Waals surface area contributed by atoms with Crippen LogP contribution in [0.4, 0.5) is 5.00 Å². The van der Waals surface area contributed by atoms with E-state index in [0.717, 1.165) is 36.1 Å². The largest absolute Gasteiger partial charge is 0.462 e. The van der Waals surface area contributed by atoms with E-state index in [4.69, 9.17) is 9.47 Å². The Morgan fingerprint density at radius 2 is 1.94 bits per heavy atom. The van der Waals surface area contributed by atoms with E-state index in [-0.39, 0.29) is 6.61 Å². The average molecular weight is 476 g/mol. The molecule has 3 aromatic heterocycles. The van der Waals surface area contributed by atoms with Gasteiger partial charge in [0.2, 0.25) is 0 Å². The SMILES string of the molecule is CCOC(=O)c1c(-c2cccs2)csc1NC(=O)COC(=O)c1cc2c(s1)CCCC2. The van der Waals surface area contributed by atoms with Crippen molar-refractivity contribution in [2.24, 2.45) is 0 Å². The zero-order valence-corrected chi connectivity index (χ0v) is 19.3. The molecule has 4 rings (SSSR count). The second kappa shape index (κ2) is 9.76. The summed E-state index contributed by atoms with van der Waals surface area (Å²) in [5.74, 6) is -1.49. The van der Waals surface area contributed by atoms with Crippen LogP contribution >= 0.6 is 34.0 Å². The molecule has 0 aromatic carbocycles. The molecule has 0 radical (unpaired) electrons. The third kappa shape index (κ3) is 4.89. The first-order valence-electron chi connectivity index (χ1n) is 9.98. The Labute approximate surface area is 191 Å². The van der Waals surface area contributed by atoms with Gasteiger partial charge in [0.1, 0.15) is 15.4 Å². The van der Waals surface area contributed by atoms with Gasteiger partial charge in [-0.1, -0.05) is 6.07 Å². The van der Waals surface area contributed by atoms with Gasteiger partial charge in [0.05, 0.1) is 6.61 Å². The molecular weight excluding hydrogens is 454 g/mol. The highest BCUT2D eigenvalue weighted by Gasteiger charge is 2.24. The molecule has 0 unspecified atom stereocenters. The van der Waals surface area contributed by atoms with Crippen LogP contribution in [0.5, 0.6) is 0 Å². The summed E-state index contributed by atoms with van der Waals surface area (Å²) in [5.41, 5.74) is 2.25. The van der Waals surface area contributed by atoms with Gasteiger partial charge >= 0.3 is 11.9 Å². The molecule has 3 aromatic rings. The number of amides is 1. The number of nitrogens with one attached hydrogen (secondary N) is 1. The molecule has 0 saturated carbocycles. The maximum absolute atomic E-state index is 12.5. The number of esters is 2. The lowest BCUT2D eigenvalue weighted by atomic mass is 9.99. The number of fused-ring (bicyclic) bond motifs is 1. The maximum Gasteiger partial charge on any atom is 0.348 e. The molecule has 1 aliphatic rings. The van der Waals surface area contributed by atoms with E-state index in [1.54, 1.807) is 6.92 Å². The summed E-state index contributed by atoms with van der Waals surface area (Å²) in [7, 11) is 0. The number of hydrogen-bond donors (Lipinski definition) is 1. The lowest BCUT2D eigenvalue weighted by Gasteiger charge is -2.08. The van der Waals surface area contributed by atoms with E-state index >= 15 is 0 Å². The highest BCUT2D eigenvalue weighted by molar-refractivity contribution is 7.17. The van der Waals surface area contributed by atoms with Gasteiger partial charge in [-0.05, 0) is 55.7 Å². The third-order valence-corrected chi connectivity index (χ3v) is 7.86. The lowest BCUT2D eigenvalue weighted by molar-refractivity contribution is -0.119. The van der Waals surface area contributed by atoms with E-state index in [1.807, 2.05) is 29.0 Å². The molecule has 1 N–H and O–H groups in total. The van der Waals surface area contributed by atoms with Crippen LogP contribution in [0.2, 0.25) is 0 Å². The van der Waals surface area contributed by atoms with Crippen molar-refractivity contribution in [2.75, 3.05) is 18.5 Å². The monoisotopic (exact) mass is 475 g/mol. The van der Waals surface area contributed by atoms with Crippen molar-refractivity contribution in [3.05, 3.63) is 49.8 Å². The summed E-state index contributed by atoms with van der Waals surface area (Å²) >= 11 is 4.19. The van der Waals surface area contributed by atoms with Gasteiger partial charge in [0.25, 0.3) is 5.91 Å². The molecule has 6 nitrogen and oxygen atoms in total. The van der Waals surface area contributed by atoms with E-state index in [1.165, 1.54) is 44.5 Å². The first-order chi connectivity index (χ1) is 15.1. The lowest BCUT2D eigenvalue weighted by Crippen LogP contribution is -2.21. The van der Waals surface area contributed by atoms with Gasteiger partial charge in [-0.25, -0.2) is 9.59 Å². The van der Waals surface area contributed by atoms with Crippen LogP contribution in [0.1, 0.15) is 50.2 Å². The van der Waals surface area contributed by atoms with Gasteiger partial charge < -0.3 is 14.8 Å². The van der Waals surface area contributed by atoms with Gasteiger partial charge in [-0.15, -0.1) is 34.0 Å². The summed E-state index contributed by atoms with van der Waals surface area (Å²) in [6, 6.07) is 5.68. The number of rotatable bonds is 7. The number of aryl methyl sites for hydroxylation is 2. The van der Waals surface area contributed by atoms with Crippen LogP contribution in [-0.4, -0.2) is 31.1 Å². The highest BCUT2D eigenvalue weighted by Crippen LogP contribution is 2.38. The maximum atomic E-state index is 12.5. The Hall–Kier alpha value is -2.49. The second-order valence-electron chi connectivity index (χ2n) is 6.94. The Kier molecular flexibility index (Phi) is 6.84. The van der Waals surface area contributed by atoms with Gasteiger partial charge in [0.15, 0.2) is 6.61 Å². The van der Waals surface area contributed by atoms with Gasteiger partial charge in [-0.2, -0.15) is 0 Å². The minimum atomic E-state index is -0.500. The molecular formula is C22H21NO5S3. The minimum absolute atomic E-state index is 0.231. The molecule has 0 aliphatic heterocycles. The smallest absolute Gasteiger partial charge is 0.348 e. The van der Waals surface area contributed by atoms with Crippen LogP contribution in [0.25, 0.3) is 10.4 Å². The fourth-order valence-corrected chi connectivity index (χ4v) is 6.36. The Morgan fingerprint density at radius 1 is 1.10 bits per heavy atom. The number of ether oxygens (including phenoxy) is 2. The molecule has 31 heavy (non-hydrogen) atoms. The summed E-state index contributed by atoms with van der Waals surface area (Å²) < 4.78 is 10.4. The molecule has 1 amide bonds. The number of anilines is 1. The number of hydrogen-bond acceptors (Lipinski definition) is 8. The predicted octanol–water partition coefficient (Wildman–Crippen LogP) is 5.39. The van der Waals surface area contributed by atoms with Crippen molar-refractivity contribution in [1.82, 2.24) is 0 Å². The van der Waals surface area contributed by atoms with Gasteiger partial charge in [0, 0.05) is 20.7 Å². The molecule has 162 valence electrons. The van der Waals surface area contributed by atoms with E-state index in [0.29, 0.717) is 15.4 Å². The standard InChI is InChI=1S/C22H21NO5S3/c1-2-27-22(26)19-14(16-8-5-9-29-16)12-30-20(19)23-18(24)11-28-21(25)17-10-13-6-3-4-7-15(13)31-17/h5,8-10,12H,2-4,6-7,11H2,1H3,(H,23,24). The fourth-order valence-electron chi connectivity index (χ4n) is 3.43. The fraction of sp³-hybridized carbons (Fsp3) is 0.318. The van der Waals surface area contributed by atoms with Crippen molar-refractivity contribution < 1.29 is 23.9 Å². The van der Waals surface area contributed by atoms with Crippen LogP contribution in [0.15, 0.2) is 29.0 Å². The Balaban J connectivity index is 1.43. The van der Waals surface area contributed by atoms with E-state index in [9.17, 15) is 14.4 Å². The number of carbonyl (C=O) groups is 3. The summed E-state index contributed by atoms with van der Waals surface area (Å²) in [6.45, 7) is 1.54. The number of carbonyl (C=O) groups excluding carboxylic acids is 3. The van der Waals surface area contributed by atoms with Crippen LogP contribution in [-0.2, 0) is 27.1 Å². The molecule has 3 heterocycles. The summed E-state index contributed by atoms with van der Waals surface area (Å²) in [4.78, 5) is 40.0. The molecule has 1 aliphatic carbocycles. The molecule has 0 atom stereocenters. The normalized spacial score (nSPS) is 12.8. The Morgan fingerprint density at radius 3 is 2.68 bits per heavy atom. The van der Waals surface area contributed by atoms with E-state index < -0.39 is 24.5 Å². The quantitative estimate of drug-likeness (QED) is 0.464. The second-order valence-corrected chi connectivity index (χ2v) is 9.91. The minimum Gasteiger partial charge on any atom is -0.462 e. The summed E-state index contributed by atoms with van der Waals surface area (Å²) in [5, 5.41) is 6.82. The molecule has 9 heteroatoms. The van der Waals surface area contributed by atoms with Gasteiger partial charge in [-0.3, -0.25) is 4.79 Å². The zero-order valence-electron chi connectivity index (χ0n) is 16.9.